The molecule has 0 fully saturated rings. The Hall–Kier alpha value is -1.35. The fourth-order valence-corrected chi connectivity index (χ4v) is 3.75. The number of pyridine rings is 1. The molecule has 2 aromatic heterocycles. The molecule has 6 nitrogen and oxygen atoms in total. The van der Waals surface area contributed by atoms with Crippen molar-refractivity contribution < 1.29 is 4.79 Å². The number of carbonyl (C=O) groups is 1. The monoisotopic (exact) mass is 389 g/mol. The van der Waals surface area contributed by atoms with Gasteiger partial charge >= 0.3 is 0 Å². The van der Waals surface area contributed by atoms with Gasteiger partial charge in [0.2, 0.25) is 11.0 Å². The Labute approximate surface area is 151 Å². The fraction of sp³-hybridized carbons (Fsp3) is 0.231. The number of rotatable bonds is 7. The Morgan fingerprint density at radius 2 is 2.30 bits per heavy atom. The molecule has 23 heavy (non-hydrogen) atoms. The van der Waals surface area contributed by atoms with Gasteiger partial charge in [-0.05, 0) is 13.0 Å². The van der Waals surface area contributed by atoms with Crippen molar-refractivity contribution in [1.82, 2.24) is 15.2 Å². The minimum Gasteiger partial charge on any atom is -0.357 e. The zero-order valence-electron chi connectivity index (χ0n) is 12.0. The van der Waals surface area contributed by atoms with Crippen LogP contribution in [0.4, 0.5) is 10.9 Å². The highest BCUT2D eigenvalue weighted by Crippen LogP contribution is 2.30. The average Bonchev–Trinajstić information content (AvgIpc) is 2.95. The first-order valence-electron chi connectivity index (χ1n) is 6.46. The standard InChI is InChI=1S/C13H13Cl2N5OS2/c1-3-4-16-12-19-20-13(23-12)22-7(2)11(21)18-10-9(15)5-8(14)6-17-10/h3,5-7H,1,4H2,2H3,(H,16,19)(H,17,18,21)/t7-/m1/s1. The fourth-order valence-electron chi connectivity index (χ4n) is 1.42. The van der Waals surface area contributed by atoms with Crippen LogP contribution >= 0.6 is 46.3 Å². The van der Waals surface area contributed by atoms with Gasteiger partial charge in [-0.1, -0.05) is 52.4 Å². The summed E-state index contributed by atoms with van der Waals surface area (Å²) in [6.07, 6.45) is 3.15. The van der Waals surface area contributed by atoms with E-state index in [1.165, 1.54) is 35.4 Å². The minimum absolute atomic E-state index is 0.234. The molecule has 0 aliphatic carbocycles. The number of amides is 1. The van der Waals surface area contributed by atoms with Gasteiger partial charge in [0.05, 0.1) is 15.3 Å². The van der Waals surface area contributed by atoms with Crippen LogP contribution in [0, 0.1) is 0 Å². The molecule has 0 aliphatic rings. The quantitative estimate of drug-likeness (QED) is 0.550. The Bertz CT molecular complexity index is 709. The summed E-state index contributed by atoms with van der Waals surface area (Å²) in [6, 6.07) is 1.52. The van der Waals surface area contributed by atoms with Gasteiger partial charge in [0.1, 0.15) is 0 Å². The molecule has 0 saturated heterocycles. The third-order valence-electron chi connectivity index (χ3n) is 2.50. The van der Waals surface area contributed by atoms with E-state index in [0.717, 1.165) is 0 Å². The number of nitrogens with one attached hydrogen (secondary N) is 2. The van der Waals surface area contributed by atoms with Gasteiger partial charge in [-0.25, -0.2) is 4.98 Å². The van der Waals surface area contributed by atoms with Crippen LogP contribution in [0.25, 0.3) is 0 Å². The second kappa shape index (κ2) is 8.49. The lowest BCUT2D eigenvalue weighted by molar-refractivity contribution is -0.115. The molecule has 0 saturated carbocycles. The summed E-state index contributed by atoms with van der Waals surface area (Å²) < 4.78 is 0.689. The number of carbonyl (C=O) groups excluding carboxylic acids is 1. The molecule has 1 atom stereocenters. The molecule has 0 unspecified atom stereocenters. The van der Waals surface area contributed by atoms with Gasteiger partial charge in [-0.15, -0.1) is 16.8 Å². The second-order valence-corrected chi connectivity index (χ2v) is 7.69. The van der Waals surface area contributed by atoms with Crippen molar-refractivity contribution in [3.05, 3.63) is 35.0 Å². The van der Waals surface area contributed by atoms with E-state index in [9.17, 15) is 4.79 Å². The average molecular weight is 390 g/mol. The predicted molar refractivity (Wildman–Crippen MR) is 96.8 cm³/mol. The lowest BCUT2D eigenvalue weighted by Crippen LogP contribution is -2.23. The highest BCUT2D eigenvalue weighted by Gasteiger charge is 2.18. The molecule has 0 radical (unpaired) electrons. The zero-order valence-corrected chi connectivity index (χ0v) is 15.2. The first kappa shape index (κ1) is 18.0. The molecule has 0 aliphatic heterocycles. The van der Waals surface area contributed by atoms with Crippen molar-refractivity contribution >= 4 is 63.2 Å². The van der Waals surface area contributed by atoms with E-state index >= 15 is 0 Å². The lowest BCUT2D eigenvalue weighted by Gasteiger charge is -2.10. The smallest absolute Gasteiger partial charge is 0.238 e. The van der Waals surface area contributed by atoms with Crippen LogP contribution in [0.3, 0.4) is 0 Å². The maximum atomic E-state index is 12.2. The van der Waals surface area contributed by atoms with E-state index in [2.05, 4.69) is 32.4 Å². The normalized spacial score (nSPS) is 11.8. The van der Waals surface area contributed by atoms with E-state index in [1.54, 1.807) is 13.0 Å². The molecule has 2 aromatic rings. The van der Waals surface area contributed by atoms with Crippen molar-refractivity contribution in [2.24, 2.45) is 0 Å². The number of hydrogen-bond acceptors (Lipinski definition) is 7. The van der Waals surface area contributed by atoms with E-state index in [4.69, 9.17) is 23.2 Å². The molecule has 122 valence electrons. The van der Waals surface area contributed by atoms with E-state index < -0.39 is 0 Å². The Morgan fingerprint density at radius 1 is 1.52 bits per heavy atom. The first-order valence-corrected chi connectivity index (χ1v) is 8.91. The Balaban J connectivity index is 1.94. The van der Waals surface area contributed by atoms with Crippen molar-refractivity contribution in [3.63, 3.8) is 0 Å². The number of nitrogens with zero attached hydrogens (tertiary/aromatic N) is 3. The molecule has 2 N–H and O–H groups in total. The highest BCUT2D eigenvalue weighted by atomic mass is 35.5. The summed E-state index contributed by atoms with van der Waals surface area (Å²) in [5, 5.41) is 14.7. The summed E-state index contributed by atoms with van der Waals surface area (Å²) in [7, 11) is 0. The van der Waals surface area contributed by atoms with Gasteiger partial charge < -0.3 is 10.6 Å². The SMILES string of the molecule is C=CCNc1nnc(S[C@H](C)C(=O)Nc2ncc(Cl)cc2Cl)s1. The first-order chi connectivity index (χ1) is 11.0. The molecule has 0 aromatic carbocycles. The topological polar surface area (TPSA) is 79.8 Å². The summed E-state index contributed by atoms with van der Waals surface area (Å²) in [4.78, 5) is 16.2. The van der Waals surface area contributed by atoms with E-state index in [-0.39, 0.29) is 22.0 Å². The number of aromatic nitrogens is 3. The van der Waals surface area contributed by atoms with Crippen LogP contribution in [-0.4, -0.2) is 32.9 Å². The number of hydrogen-bond donors (Lipinski definition) is 2. The summed E-state index contributed by atoms with van der Waals surface area (Å²) >= 11 is 14.4. The maximum Gasteiger partial charge on any atom is 0.238 e. The minimum atomic E-state index is -0.385. The Kier molecular flexibility index (Phi) is 6.64. The molecule has 10 heteroatoms. The Morgan fingerprint density at radius 3 is 3.00 bits per heavy atom. The van der Waals surface area contributed by atoms with Crippen molar-refractivity contribution in [1.29, 1.82) is 0 Å². The number of anilines is 2. The van der Waals surface area contributed by atoms with E-state index in [0.29, 0.717) is 21.0 Å². The largest absolute Gasteiger partial charge is 0.357 e. The van der Waals surface area contributed by atoms with Gasteiger partial charge in [0.15, 0.2) is 10.2 Å². The second-order valence-electron chi connectivity index (χ2n) is 4.28. The van der Waals surface area contributed by atoms with Crippen LogP contribution in [0.1, 0.15) is 6.92 Å². The molecular formula is C13H13Cl2N5OS2. The van der Waals surface area contributed by atoms with Crippen molar-refractivity contribution in [3.8, 4) is 0 Å². The molecule has 0 bridgehead atoms. The van der Waals surface area contributed by atoms with Crippen LogP contribution in [0.2, 0.25) is 10.0 Å². The highest BCUT2D eigenvalue weighted by molar-refractivity contribution is 8.02. The third-order valence-corrected chi connectivity index (χ3v) is 5.06. The third kappa shape index (κ3) is 5.35. The van der Waals surface area contributed by atoms with Crippen molar-refractivity contribution in [2.45, 2.75) is 16.5 Å². The number of halogens is 2. The van der Waals surface area contributed by atoms with Crippen LogP contribution in [0.5, 0.6) is 0 Å². The number of thioether (sulfide) groups is 1. The maximum absolute atomic E-state index is 12.2. The molecule has 2 rings (SSSR count). The predicted octanol–water partition coefficient (Wildman–Crippen LogP) is 3.96. The summed E-state index contributed by atoms with van der Waals surface area (Å²) in [5.74, 6) is 0.0432. The lowest BCUT2D eigenvalue weighted by atomic mass is 10.4. The summed E-state index contributed by atoms with van der Waals surface area (Å²) in [6.45, 7) is 5.99. The van der Waals surface area contributed by atoms with Crippen LogP contribution in [-0.2, 0) is 4.79 Å². The molecular weight excluding hydrogens is 377 g/mol. The zero-order chi connectivity index (χ0) is 16.8. The van der Waals surface area contributed by atoms with Crippen molar-refractivity contribution in [2.75, 3.05) is 17.2 Å². The van der Waals surface area contributed by atoms with Crippen LogP contribution in [0.15, 0.2) is 29.3 Å². The molecule has 0 spiro atoms. The van der Waals surface area contributed by atoms with Gasteiger partial charge in [-0.3, -0.25) is 4.79 Å². The van der Waals surface area contributed by atoms with Gasteiger partial charge in [-0.2, -0.15) is 0 Å². The molecule has 2 heterocycles. The molecule has 1 amide bonds. The van der Waals surface area contributed by atoms with Gasteiger partial charge in [0, 0.05) is 12.7 Å². The van der Waals surface area contributed by atoms with E-state index in [1.807, 2.05) is 0 Å². The van der Waals surface area contributed by atoms with Gasteiger partial charge in [0.25, 0.3) is 0 Å². The van der Waals surface area contributed by atoms with Crippen LogP contribution < -0.4 is 10.6 Å². The summed E-state index contributed by atoms with van der Waals surface area (Å²) in [5.41, 5.74) is 0.